The van der Waals surface area contributed by atoms with E-state index in [0.29, 0.717) is 16.8 Å². The minimum absolute atomic E-state index is 0.297. The molecule has 0 saturated heterocycles. The van der Waals surface area contributed by atoms with Crippen molar-refractivity contribution in [3.8, 4) is 0 Å². The summed E-state index contributed by atoms with van der Waals surface area (Å²) in [6.07, 6.45) is 0. The number of nitrogens with zero attached hydrogens (tertiary/aromatic N) is 1. The highest BCUT2D eigenvalue weighted by Gasteiger charge is 2.37. The van der Waals surface area contributed by atoms with Crippen LogP contribution in [0.2, 0.25) is 0 Å². The van der Waals surface area contributed by atoms with Crippen molar-refractivity contribution < 1.29 is 9.59 Å². The molecule has 3 heteroatoms. The van der Waals surface area contributed by atoms with E-state index in [1.165, 1.54) is 4.90 Å². The molecule has 1 aliphatic rings. The quantitative estimate of drug-likeness (QED) is 0.663. The number of amides is 2. The fraction of sp³-hybridized carbons (Fsp3) is 0. The van der Waals surface area contributed by atoms with Gasteiger partial charge in [-0.05, 0) is 29.3 Å². The Labute approximate surface area is 145 Å². The maximum Gasteiger partial charge on any atom is 0.266 e. The lowest BCUT2D eigenvalue weighted by Gasteiger charge is -2.19. The molecule has 4 rings (SSSR count). The fourth-order valence-corrected chi connectivity index (χ4v) is 3.13. The summed E-state index contributed by atoms with van der Waals surface area (Å²) in [4.78, 5) is 26.8. The van der Waals surface area contributed by atoms with Gasteiger partial charge in [-0.2, -0.15) is 0 Å². The maximum absolute atomic E-state index is 12.8. The zero-order chi connectivity index (χ0) is 17.4. The Morgan fingerprint density at radius 2 is 1.20 bits per heavy atom. The van der Waals surface area contributed by atoms with Crippen molar-refractivity contribution in [2.75, 3.05) is 4.90 Å². The first-order valence-electron chi connectivity index (χ1n) is 8.00. The molecule has 0 spiro atoms. The number of para-hydroxylation sites is 1. The SMILES string of the molecule is C=C(c1ccccc1)c1ccccc1N1C(=O)c2ccccc2C1=O. The van der Waals surface area contributed by atoms with Gasteiger partial charge in [0.1, 0.15) is 0 Å². The van der Waals surface area contributed by atoms with Crippen LogP contribution in [0, 0.1) is 0 Å². The molecule has 3 aromatic carbocycles. The van der Waals surface area contributed by atoms with Crippen LogP contribution < -0.4 is 4.90 Å². The van der Waals surface area contributed by atoms with Crippen LogP contribution in [0.5, 0.6) is 0 Å². The Kier molecular flexibility index (Phi) is 3.55. The summed E-state index contributed by atoms with van der Waals surface area (Å²) in [6, 6.07) is 24.0. The van der Waals surface area contributed by atoms with Gasteiger partial charge in [-0.25, -0.2) is 4.90 Å². The molecule has 0 unspecified atom stereocenters. The highest BCUT2D eigenvalue weighted by atomic mass is 16.2. The normalized spacial score (nSPS) is 13.0. The molecular formula is C22H15NO2. The molecule has 0 atom stereocenters. The molecule has 0 radical (unpaired) electrons. The lowest BCUT2D eigenvalue weighted by molar-refractivity contribution is 0.0926. The minimum Gasteiger partial charge on any atom is -0.268 e. The zero-order valence-corrected chi connectivity index (χ0v) is 13.5. The molecule has 0 aliphatic carbocycles. The lowest BCUT2D eigenvalue weighted by Crippen LogP contribution is -2.30. The summed E-state index contributed by atoms with van der Waals surface area (Å²) in [6.45, 7) is 4.18. The second kappa shape index (κ2) is 5.87. The minimum atomic E-state index is -0.297. The third-order valence-electron chi connectivity index (χ3n) is 4.39. The number of imide groups is 1. The first-order chi connectivity index (χ1) is 12.2. The number of fused-ring (bicyclic) bond motifs is 1. The van der Waals surface area contributed by atoms with Crippen molar-refractivity contribution >= 4 is 23.1 Å². The van der Waals surface area contributed by atoms with Crippen molar-refractivity contribution in [3.63, 3.8) is 0 Å². The average molecular weight is 325 g/mol. The van der Waals surface area contributed by atoms with E-state index in [4.69, 9.17) is 0 Å². The smallest absolute Gasteiger partial charge is 0.266 e. The van der Waals surface area contributed by atoms with Crippen molar-refractivity contribution in [2.45, 2.75) is 0 Å². The highest BCUT2D eigenvalue weighted by molar-refractivity contribution is 6.35. The molecule has 0 N–H and O–H groups in total. The van der Waals surface area contributed by atoms with Crippen LogP contribution >= 0.6 is 0 Å². The van der Waals surface area contributed by atoms with Gasteiger partial charge in [0, 0.05) is 5.56 Å². The molecule has 1 heterocycles. The number of carbonyl (C=O) groups is 2. The number of carbonyl (C=O) groups excluding carboxylic acids is 2. The standard InChI is InChI=1S/C22H15NO2/c1-15(16-9-3-2-4-10-16)17-11-7-8-14-20(17)23-21(24)18-12-5-6-13-19(18)22(23)25/h2-14H,1H2. The Morgan fingerprint density at radius 1 is 0.680 bits per heavy atom. The summed E-state index contributed by atoms with van der Waals surface area (Å²) >= 11 is 0. The van der Waals surface area contributed by atoms with Gasteiger partial charge in [-0.3, -0.25) is 9.59 Å². The van der Waals surface area contributed by atoms with Gasteiger partial charge in [0.2, 0.25) is 0 Å². The predicted octanol–water partition coefficient (Wildman–Crippen LogP) is 4.55. The molecule has 0 fully saturated rings. The summed E-state index contributed by atoms with van der Waals surface area (Å²) < 4.78 is 0. The topological polar surface area (TPSA) is 37.4 Å². The van der Waals surface area contributed by atoms with Crippen LogP contribution in [0.4, 0.5) is 5.69 Å². The van der Waals surface area contributed by atoms with Crippen LogP contribution in [0.25, 0.3) is 5.57 Å². The number of hydrogen-bond donors (Lipinski definition) is 0. The van der Waals surface area contributed by atoms with E-state index in [2.05, 4.69) is 6.58 Å². The fourth-order valence-electron chi connectivity index (χ4n) is 3.13. The van der Waals surface area contributed by atoms with Crippen molar-refractivity contribution in [2.24, 2.45) is 0 Å². The van der Waals surface area contributed by atoms with E-state index >= 15 is 0 Å². The summed E-state index contributed by atoms with van der Waals surface area (Å²) in [5.41, 5.74) is 3.92. The largest absolute Gasteiger partial charge is 0.268 e. The Bertz CT molecular complexity index is 970. The molecular weight excluding hydrogens is 310 g/mol. The van der Waals surface area contributed by atoms with Gasteiger partial charge in [-0.1, -0.05) is 67.2 Å². The monoisotopic (exact) mass is 325 g/mol. The average Bonchev–Trinajstić information content (AvgIpc) is 2.93. The zero-order valence-electron chi connectivity index (χ0n) is 13.5. The van der Waals surface area contributed by atoms with E-state index < -0.39 is 0 Å². The molecule has 0 saturated carbocycles. The van der Waals surface area contributed by atoms with Gasteiger partial charge in [-0.15, -0.1) is 0 Å². The summed E-state index contributed by atoms with van der Waals surface area (Å²) in [5, 5.41) is 0. The molecule has 1 aliphatic heterocycles. The van der Waals surface area contributed by atoms with Gasteiger partial charge in [0.05, 0.1) is 16.8 Å². The first kappa shape index (κ1) is 15.1. The molecule has 0 aromatic heterocycles. The molecule has 3 aromatic rings. The third-order valence-corrected chi connectivity index (χ3v) is 4.39. The van der Waals surface area contributed by atoms with E-state index in [1.807, 2.05) is 48.5 Å². The van der Waals surface area contributed by atoms with Crippen LogP contribution in [-0.4, -0.2) is 11.8 Å². The molecule has 2 amide bonds. The molecule has 25 heavy (non-hydrogen) atoms. The van der Waals surface area contributed by atoms with Gasteiger partial charge < -0.3 is 0 Å². The van der Waals surface area contributed by atoms with E-state index in [9.17, 15) is 9.59 Å². The number of anilines is 1. The second-order valence-electron chi connectivity index (χ2n) is 5.85. The predicted molar refractivity (Wildman–Crippen MR) is 98.6 cm³/mol. The van der Waals surface area contributed by atoms with Crippen molar-refractivity contribution in [1.82, 2.24) is 0 Å². The molecule has 3 nitrogen and oxygen atoms in total. The molecule has 0 bridgehead atoms. The number of benzene rings is 3. The van der Waals surface area contributed by atoms with Crippen LogP contribution in [-0.2, 0) is 0 Å². The Balaban J connectivity index is 1.82. The van der Waals surface area contributed by atoms with E-state index in [-0.39, 0.29) is 11.8 Å². The van der Waals surface area contributed by atoms with Crippen LogP contribution in [0.3, 0.4) is 0 Å². The van der Waals surface area contributed by atoms with Gasteiger partial charge >= 0.3 is 0 Å². The van der Waals surface area contributed by atoms with Crippen molar-refractivity contribution in [1.29, 1.82) is 0 Å². The van der Waals surface area contributed by atoms with Gasteiger partial charge in [0.15, 0.2) is 0 Å². The third kappa shape index (κ3) is 2.37. The molecule has 120 valence electrons. The number of rotatable bonds is 3. The van der Waals surface area contributed by atoms with Crippen LogP contribution in [0.1, 0.15) is 31.8 Å². The Hall–Kier alpha value is -3.46. The highest BCUT2D eigenvalue weighted by Crippen LogP contribution is 2.35. The maximum atomic E-state index is 12.8. The lowest BCUT2D eigenvalue weighted by atomic mass is 9.97. The van der Waals surface area contributed by atoms with E-state index in [1.54, 1.807) is 30.3 Å². The summed E-state index contributed by atoms with van der Waals surface area (Å²) in [7, 11) is 0. The second-order valence-corrected chi connectivity index (χ2v) is 5.85. The van der Waals surface area contributed by atoms with Crippen LogP contribution in [0.15, 0.2) is 85.4 Å². The number of hydrogen-bond acceptors (Lipinski definition) is 2. The first-order valence-corrected chi connectivity index (χ1v) is 8.00. The summed E-state index contributed by atoms with van der Waals surface area (Å²) in [5.74, 6) is -0.595. The van der Waals surface area contributed by atoms with Crippen molar-refractivity contribution in [3.05, 3.63) is 108 Å². The van der Waals surface area contributed by atoms with Gasteiger partial charge in [0.25, 0.3) is 11.8 Å². The Morgan fingerprint density at radius 3 is 1.84 bits per heavy atom. The van der Waals surface area contributed by atoms with E-state index in [0.717, 1.165) is 16.7 Å².